The number of rotatable bonds is 3. The van der Waals surface area contributed by atoms with Crippen LogP contribution >= 0.6 is 0 Å². The molecule has 0 radical (unpaired) electrons. The van der Waals surface area contributed by atoms with Gasteiger partial charge < -0.3 is 14.9 Å². The number of aryl methyl sites for hydroxylation is 1. The van der Waals surface area contributed by atoms with E-state index in [1.54, 1.807) is 12.1 Å². The molecule has 2 aromatic carbocycles. The molecule has 0 heterocycles. The number of phenolic OH excluding ortho intramolecular Hbond substituents is 2. The van der Waals surface area contributed by atoms with Gasteiger partial charge in [0.1, 0.15) is 0 Å². The van der Waals surface area contributed by atoms with Gasteiger partial charge in [0, 0.05) is 5.56 Å². The Hall–Kier alpha value is -2.49. The maximum absolute atomic E-state index is 12.2. The number of carbonyl (C=O) groups excluding carboxylic acids is 1. The van der Waals surface area contributed by atoms with Crippen molar-refractivity contribution in [1.29, 1.82) is 0 Å². The summed E-state index contributed by atoms with van der Waals surface area (Å²) in [5.74, 6) is -1.13. The van der Waals surface area contributed by atoms with Gasteiger partial charge in [0.25, 0.3) is 0 Å². The Kier molecular flexibility index (Phi) is 3.42. The fourth-order valence-corrected chi connectivity index (χ4v) is 1.77. The lowest BCUT2D eigenvalue weighted by Gasteiger charge is -2.09. The Morgan fingerprint density at radius 3 is 2.21 bits per heavy atom. The summed E-state index contributed by atoms with van der Waals surface area (Å²) in [6.07, 6.45) is 0. The summed E-state index contributed by atoms with van der Waals surface area (Å²) in [4.78, 5) is 12.2. The quantitative estimate of drug-likeness (QED) is 0.656. The molecule has 0 fully saturated rings. The van der Waals surface area contributed by atoms with E-state index >= 15 is 0 Å². The number of carbonyl (C=O) groups is 1. The molecule has 0 saturated carbocycles. The minimum atomic E-state index is -0.468. The molecule has 19 heavy (non-hydrogen) atoms. The normalized spacial score (nSPS) is 10.2. The first-order valence-corrected chi connectivity index (χ1v) is 5.75. The fourth-order valence-electron chi connectivity index (χ4n) is 1.77. The van der Waals surface area contributed by atoms with Crippen molar-refractivity contribution in [2.24, 2.45) is 0 Å². The monoisotopic (exact) mass is 258 g/mol. The van der Waals surface area contributed by atoms with Gasteiger partial charge >= 0.3 is 0 Å². The van der Waals surface area contributed by atoms with Crippen molar-refractivity contribution in [2.45, 2.75) is 6.92 Å². The molecule has 0 saturated heterocycles. The Balaban J connectivity index is 2.45. The lowest BCUT2D eigenvalue weighted by atomic mass is 10.0. The highest BCUT2D eigenvalue weighted by atomic mass is 16.5. The van der Waals surface area contributed by atoms with Crippen LogP contribution in [0.5, 0.6) is 17.2 Å². The minimum absolute atomic E-state index is 0.0437. The second-order valence-electron chi connectivity index (χ2n) is 4.21. The molecule has 0 spiro atoms. The first kappa shape index (κ1) is 13.0. The summed E-state index contributed by atoms with van der Waals surface area (Å²) in [7, 11) is 1.37. The molecule has 4 nitrogen and oxygen atoms in total. The number of hydrogen-bond donors (Lipinski definition) is 2. The number of methoxy groups -OCH3 is 1. The largest absolute Gasteiger partial charge is 0.504 e. The summed E-state index contributed by atoms with van der Waals surface area (Å²) in [5.41, 5.74) is 1.53. The highest BCUT2D eigenvalue weighted by molar-refractivity contribution is 6.11. The van der Waals surface area contributed by atoms with Gasteiger partial charge in [0.05, 0.1) is 12.7 Å². The minimum Gasteiger partial charge on any atom is -0.504 e. The second kappa shape index (κ2) is 5.02. The molecule has 0 atom stereocenters. The fraction of sp³-hybridized carbons (Fsp3) is 0.133. The van der Waals surface area contributed by atoms with Gasteiger partial charge in [-0.3, -0.25) is 4.79 Å². The lowest BCUT2D eigenvalue weighted by Crippen LogP contribution is -2.02. The van der Waals surface area contributed by atoms with E-state index in [2.05, 4.69) is 0 Å². The van der Waals surface area contributed by atoms with Gasteiger partial charge in [-0.2, -0.15) is 0 Å². The van der Waals surface area contributed by atoms with Crippen molar-refractivity contribution in [1.82, 2.24) is 0 Å². The van der Waals surface area contributed by atoms with Crippen LogP contribution in [-0.2, 0) is 0 Å². The predicted octanol–water partition coefficient (Wildman–Crippen LogP) is 2.65. The Morgan fingerprint density at radius 2 is 1.63 bits per heavy atom. The predicted molar refractivity (Wildman–Crippen MR) is 70.9 cm³/mol. The Morgan fingerprint density at radius 1 is 1.00 bits per heavy atom. The third-order valence-corrected chi connectivity index (χ3v) is 2.89. The van der Waals surface area contributed by atoms with Crippen molar-refractivity contribution >= 4 is 5.78 Å². The highest BCUT2D eigenvalue weighted by Crippen LogP contribution is 2.38. The van der Waals surface area contributed by atoms with Gasteiger partial charge in [0.15, 0.2) is 17.3 Å². The zero-order chi connectivity index (χ0) is 14.0. The number of hydrogen-bond acceptors (Lipinski definition) is 4. The summed E-state index contributed by atoms with van der Waals surface area (Å²) < 4.78 is 4.86. The number of ether oxygens (including phenoxy) is 1. The van der Waals surface area contributed by atoms with Gasteiger partial charge in [0.2, 0.25) is 5.75 Å². The number of phenols is 2. The first-order valence-electron chi connectivity index (χ1n) is 5.75. The molecule has 0 aliphatic rings. The standard InChI is InChI=1S/C15H14O4/c1-9-3-5-10(6-4-9)13(16)11-7-8-12(19-2)15(18)14(11)17/h3-8,17-18H,1-2H3. The average molecular weight is 258 g/mol. The van der Waals surface area contributed by atoms with E-state index < -0.39 is 11.5 Å². The van der Waals surface area contributed by atoms with Crippen LogP contribution in [0, 0.1) is 6.92 Å². The van der Waals surface area contributed by atoms with Crippen molar-refractivity contribution in [3.05, 3.63) is 53.1 Å². The van der Waals surface area contributed by atoms with Crippen LogP contribution in [0.15, 0.2) is 36.4 Å². The van der Waals surface area contributed by atoms with Crippen LogP contribution in [0.25, 0.3) is 0 Å². The number of ketones is 1. The molecular formula is C15H14O4. The molecule has 0 unspecified atom stereocenters. The van der Waals surface area contributed by atoms with Crippen LogP contribution in [0.1, 0.15) is 21.5 Å². The highest BCUT2D eigenvalue weighted by Gasteiger charge is 2.18. The van der Waals surface area contributed by atoms with Crippen LogP contribution in [-0.4, -0.2) is 23.1 Å². The van der Waals surface area contributed by atoms with E-state index in [1.165, 1.54) is 19.2 Å². The summed E-state index contributed by atoms with van der Waals surface area (Å²) in [5, 5.41) is 19.5. The second-order valence-corrected chi connectivity index (χ2v) is 4.21. The molecule has 0 amide bonds. The van der Waals surface area contributed by atoms with E-state index in [0.29, 0.717) is 5.56 Å². The van der Waals surface area contributed by atoms with Crippen LogP contribution < -0.4 is 4.74 Å². The maximum atomic E-state index is 12.2. The maximum Gasteiger partial charge on any atom is 0.201 e. The number of benzene rings is 2. The Bertz CT molecular complexity index is 615. The van der Waals surface area contributed by atoms with Crippen molar-refractivity contribution in [3.63, 3.8) is 0 Å². The van der Waals surface area contributed by atoms with E-state index in [-0.39, 0.29) is 17.1 Å². The molecule has 0 aliphatic carbocycles. The topological polar surface area (TPSA) is 66.8 Å². The smallest absolute Gasteiger partial charge is 0.201 e. The third-order valence-electron chi connectivity index (χ3n) is 2.89. The summed E-state index contributed by atoms with van der Waals surface area (Å²) in [6, 6.07) is 9.85. The average Bonchev–Trinajstić information content (AvgIpc) is 2.42. The summed E-state index contributed by atoms with van der Waals surface area (Å²) >= 11 is 0. The SMILES string of the molecule is COc1ccc(C(=O)c2ccc(C)cc2)c(O)c1O. The molecule has 2 rings (SSSR count). The van der Waals surface area contributed by atoms with E-state index in [4.69, 9.17) is 4.74 Å². The molecule has 98 valence electrons. The van der Waals surface area contributed by atoms with Crippen LogP contribution in [0.3, 0.4) is 0 Å². The van der Waals surface area contributed by atoms with Crippen LogP contribution in [0.2, 0.25) is 0 Å². The van der Waals surface area contributed by atoms with Crippen molar-refractivity contribution in [2.75, 3.05) is 7.11 Å². The molecule has 0 aromatic heterocycles. The van der Waals surface area contributed by atoms with Crippen molar-refractivity contribution in [3.8, 4) is 17.2 Å². The molecular weight excluding hydrogens is 244 g/mol. The molecule has 2 aromatic rings. The molecule has 0 aliphatic heterocycles. The molecule has 2 N–H and O–H groups in total. The van der Waals surface area contributed by atoms with E-state index in [1.807, 2.05) is 19.1 Å². The zero-order valence-corrected chi connectivity index (χ0v) is 10.7. The lowest BCUT2D eigenvalue weighted by molar-refractivity contribution is 0.103. The van der Waals surface area contributed by atoms with Crippen LogP contribution in [0.4, 0.5) is 0 Å². The Labute approximate surface area is 110 Å². The van der Waals surface area contributed by atoms with Gasteiger partial charge in [-0.25, -0.2) is 0 Å². The first-order chi connectivity index (χ1) is 9.04. The third kappa shape index (κ3) is 2.38. The van der Waals surface area contributed by atoms with Gasteiger partial charge in [-0.15, -0.1) is 0 Å². The number of aromatic hydroxyl groups is 2. The molecule has 0 bridgehead atoms. The van der Waals surface area contributed by atoms with Gasteiger partial charge in [-0.05, 0) is 19.1 Å². The summed E-state index contributed by atoms with van der Waals surface area (Å²) in [6.45, 7) is 1.92. The van der Waals surface area contributed by atoms with Crippen molar-refractivity contribution < 1.29 is 19.7 Å². The van der Waals surface area contributed by atoms with Gasteiger partial charge in [-0.1, -0.05) is 29.8 Å². The molecule has 4 heteroatoms. The van der Waals surface area contributed by atoms with E-state index in [9.17, 15) is 15.0 Å². The zero-order valence-electron chi connectivity index (χ0n) is 10.7. The van der Waals surface area contributed by atoms with E-state index in [0.717, 1.165) is 5.56 Å².